The van der Waals surface area contributed by atoms with Gasteiger partial charge in [-0.1, -0.05) is 20.8 Å². The Morgan fingerprint density at radius 1 is 1.02 bits per heavy atom. The monoisotopic (exact) mass is 603 g/mol. The van der Waals surface area contributed by atoms with E-state index in [4.69, 9.17) is 18.9 Å². The van der Waals surface area contributed by atoms with Gasteiger partial charge in [0.25, 0.3) is 0 Å². The average molecular weight is 604 g/mol. The second kappa shape index (κ2) is 13.6. The van der Waals surface area contributed by atoms with Crippen molar-refractivity contribution in [1.82, 2.24) is 4.90 Å². The standard InChI is InChI=1S/C30H53NO11/c1-12-20-29(7,37)27(36)30(8,38)23(34)15(2)14-28(6,39-11)24(17(4)21(32)18(5)25(35)41-20)42-26-22(33)19(31(9)10)13-16(3)40-26/h15-20,22,24,26-27,33,36-38H,12-14H2,1-11H3/t15-,16-,17+,18-,19+,20-,22-,24-,26+,27-,28-,29-,30-/m1/s1. The third-order valence-electron chi connectivity index (χ3n) is 9.33. The second-order valence-electron chi connectivity index (χ2n) is 13.1. The zero-order valence-corrected chi connectivity index (χ0v) is 27.0. The van der Waals surface area contributed by atoms with Gasteiger partial charge in [-0.25, -0.2) is 0 Å². The number of esters is 1. The third kappa shape index (κ3) is 7.23. The van der Waals surface area contributed by atoms with Gasteiger partial charge in [-0.15, -0.1) is 0 Å². The van der Waals surface area contributed by atoms with Gasteiger partial charge in [-0.05, 0) is 68.0 Å². The Bertz CT molecular complexity index is 969. The number of nitrogens with zero attached hydrogens (tertiary/aromatic N) is 1. The van der Waals surface area contributed by atoms with Crippen LogP contribution in [-0.4, -0.2) is 124 Å². The Labute approximate surface area is 249 Å². The van der Waals surface area contributed by atoms with E-state index in [-0.39, 0.29) is 25.0 Å². The van der Waals surface area contributed by atoms with Gasteiger partial charge in [-0.3, -0.25) is 14.4 Å². The number of cyclic esters (lactones) is 1. The molecule has 0 aromatic rings. The van der Waals surface area contributed by atoms with Crippen LogP contribution in [0.25, 0.3) is 0 Å². The number of likely N-dealkylation sites (N-methyl/N-ethyl adjacent to an activating group) is 1. The molecule has 2 rings (SSSR count). The van der Waals surface area contributed by atoms with Crippen molar-refractivity contribution in [3.05, 3.63) is 0 Å². The molecule has 2 fully saturated rings. The molecule has 42 heavy (non-hydrogen) atoms. The predicted octanol–water partition coefficient (Wildman–Crippen LogP) is 0.838. The lowest BCUT2D eigenvalue weighted by atomic mass is 9.72. The molecule has 13 atom stereocenters. The molecular weight excluding hydrogens is 550 g/mol. The third-order valence-corrected chi connectivity index (χ3v) is 9.33. The van der Waals surface area contributed by atoms with Crippen LogP contribution >= 0.6 is 0 Å². The Hall–Kier alpha value is -1.51. The van der Waals surface area contributed by atoms with E-state index in [1.54, 1.807) is 27.7 Å². The molecule has 0 unspecified atom stereocenters. The minimum Gasteiger partial charge on any atom is -0.459 e. The fraction of sp³-hybridized carbons (Fsp3) is 0.900. The number of aliphatic hydroxyl groups excluding tert-OH is 2. The first-order valence-electron chi connectivity index (χ1n) is 14.8. The lowest BCUT2D eigenvalue weighted by Crippen LogP contribution is -2.64. The van der Waals surface area contributed by atoms with Crippen molar-refractivity contribution in [3.63, 3.8) is 0 Å². The Morgan fingerprint density at radius 2 is 1.60 bits per heavy atom. The highest BCUT2D eigenvalue weighted by atomic mass is 16.7. The average Bonchev–Trinajstić information content (AvgIpc) is 2.92. The number of hydrogen-bond donors (Lipinski definition) is 4. The van der Waals surface area contributed by atoms with E-state index in [0.717, 1.165) is 6.92 Å². The number of hydrogen-bond acceptors (Lipinski definition) is 12. The Kier molecular flexibility index (Phi) is 11.9. The molecule has 12 nitrogen and oxygen atoms in total. The van der Waals surface area contributed by atoms with Crippen molar-refractivity contribution in [2.24, 2.45) is 17.8 Å². The van der Waals surface area contributed by atoms with Gasteiger partial charge in [0.1, 0.15) is 35.4 Å². The number of rotatable bonds is 5. The molecule has 0 amide bonds. The van der Waals surface area contributed by atoms with E-state index >= 15 is 0 Å². The molecule has 2 saturated heterocycles. The van der Waals surface area contributed by atoms with Crippen molar-refractivity contribution < 1.29 is 53.8 Å². The quantitative estimate of drug-likeness (QED) is 0.258. The fourth-order valence-corrected chi connectivity index (χ4v) is 6.50. The highest BCUT2D eigenvalue weighted by Crippen LogP contribution is 2.39. The van der Waals surface area contributed by atoms with Crippen LogP contribution in [0.1, 0.15) is 74.7 Å². The molecule has 0 saturated carbocycles. The van der Waals surface area contributed by atoms with Gasteiger partial charge in [0.05, 0.1) is 17.8 Å². The number of carbonyl (C=O) groups excluding carboxylic acids is 3. The van der Waals surface area contributed by atoms with Gasteiger partial charge in [0.15, 0.2) is 17.9 Å². The van der Waals surface area contributed by atoms with Crippen LogP contribution in [0.3, 0.4) is 0 Å². The number of methoxy groups -OCH3 is 1. The molecular formula is C30H53NO11. The lowest BCUT2D eigenvalue weighted by Gasteiger charge is -2.47. The highest BCUT2D eigenvalue weighted by Gasteiger charge is 2.56. The second-order valence-corrected chi connectivity index (χ2v) is 13.1. The van der Waals surface area contributed by atoms with Crippen LogP contribution in [0.15, 0.2) is 0 Å². The zero-order valence-electron chi connectivity index (χ0n) is 27.0. The van der Waals surface area contributed by atoms with Crippen molar-refractivity contribution in [1.29, 1.82) is 0 Å². The molecule has 244 valence electrons. The first-order valence-corrected chi connectivity index (χ1v) is 14.8. The number of Topliss-reactive ketones (excluding diaryl/α,β-unsaturated/α-hetero) is 2. The van der Waals surface area contributed by atoms with Crippen LogP contribution in [0.2, 0.25) is 0 Å². The largest absolute Gasteiger partial charge is 0.459 e. The fourth-order valence-electron chi connectivity index (χ4n) is 6.50. The normalized spacial score (nSPS) is 46.8. The van der Waals surface area contributed by atoms with Crippen LogP contribution in [0.5, 0.6) is 0 Å². The van der Waals surface area contributed by atoms with Crippen molar-refractivity contribution >= 4 is 17.5 Å². The first kappa shape index (κ1) is 36.7. The molecule has 2 heterocycles. The van der Waals surface area contributed by atoms with Gasteiger partial charge in [-0.2, -0.15) is 0 Å². The van der Waals surface area contributed by atoms with Gasteiger partial charge in [0, 0.05) is 25.0 Å². The maximum Gasteiger partial charge on any atom is 0.316 e. The molecule has 0 aliphatic carbocycles. The number of carbonyl (C=O) groups is 3. The summed E-state index contributed by atoms with van der Waals surface area (Å²) in [5.41, 5.74) is -6.06. The maximum atomic E-state index is 13.8. The SMILES string of the molecule is CC[C@H]1OC(=O)[C@H](C)C(=O)[C@H](C)[C@@H](O[C@@H]2O[C@H](C)C[C@H](N(C)C)[C@H]2O)[C@](C)(OC)C[C@@H](C)C(=O)[C@@](C)(O)[C@H](O)[C@]1(C)O. The highest BCUT2D eigenvalue weighted by molar-refractivity contribution is 6.00. The van der Waals surface area contributed by atoms with Gasteiger partial charge < -0.3 is 44.3 Å². The van der Waals surface area contributed by atoms with Crippen molar-refractivity contribution in [2.45, 2.75) is 134 Å². The van der Waals surface area contributed by atoms with Crippen molar-refractivity contribution in [3.8, 4) is 0 Å². The summed E-state index contributed by atoms with van der Waals surface area (Å²) in [6.07, 6.45) is -6.54. The van der Waals surface area contributed by atoms with Crippen LogP contribution < -0.4 is 0 Å². The predicted molar refractivity (Wildman–Crippen MR) is 152 cm³/mol. The van der Waals surface area contributed by atoms with Crippen LogP contribution in [-0.2, 0) is 33.3 Å². The van der Waals surface area contributed by atoms with Gasteiger partial charge >= 0.3 is 5.97 Å². The van der Waals surface area contributed by atoms with E-state index in [1.165, 1.54) is 21.0 Å². The summed E-state index contributed by atoms with van der Waals surface area (Å²) in [7, 11) is 5.05. The summed E-state index contributed by atoms with van der Waals surface area (Å²) in [5.74, 6) is -5.57. The zero-order chi connectivity index (χ0) is 32.5. The molecule has 2 aliphatic rings. The minimum atomic E-state index is -2.44. The summed E-state index contributed by atoms with van der Waals surface area (Å²) < 4.78 is 23.8. The summed E-state index contributed by atoms with van der Waals surface area (Å²) in [6, 6.07) is -0.304. The number of ketones is 2. The molecule has 12 heteroatoms. The summed E-state index contributed by atoms with van der Waals surface area (Å²) >= 11 is 0. The first-order chi connectivity index (χ1) is 19.2. The lowest BCUT2D eigenvalue weighted by molar-refractivity contribution is -0.295. The molecule has 0 spiro atoms. The molecule has 4 N–H and O–H groups in total. The summed E-state index contributed by atoms with van der Waals surface area (Å²) in [6.45, 7) is 11.9. The van der Waals surface area contributed by atoms with Gasteiger partial charge in [0.2, 0.25) is 0 Å². The van der Waals surface area contributed by atoms with E-state index in [1.807, 2.05) is 25.9 Å². The Balaban J connectivity index is 2.66. The Morgan fingerprint density at radius 3 is 2.10 bits per heavy atom. The van der Waals surface area contributed by atoms with E-state index in [9.17, 15) is 34.8 Å². The summed E-state index contributed by atoms with van der Waals surface area (Å²) in [5, 5.41) is 44.8. The molecule has 2 aliphatic heterocycles. The molecule has 0 bridgehead atoms. The van der Waals surface area contributed by atoms with E-state index in [0.29, 0.717) is 6.42 Å². The smallest absolute Gasteiger partial charge is 0.316 e. The van der Waals surface area contributed by atoms with Crippen LogP contribution in [0, 0.1) is 17.8 Å². The topological polar surface area (TPSA) is 172 Å². The molecule has 0 radical (unpaired) electrons. The van der Waals surface area contributed by atoms with E-state index < -0.39 is 82.8 Å². The van der Waals surface area contributed by atoms with Crippen LogP contribution in [0.4, 0.5) is 0 Å². The maximum absolute atomic E-state index is 13.8. The molecule has 0 aromatic heterocycles. The minimum absolute atomic E-state index is 0.0295. The number of ether oxygens (including phenoxy) is 4. The van der Waals surface area contributed by atoms with Crippen molar-refractivity contribution in [2.75, 3.05) is 21.2 Å². The number of aliphatic hydroxyl groups is 4. The van der Waals surface area contributed by atoms with E-state index in [2.05, 4.69) is 0 Å². The summed E-state index contributed by atoms with van der Waals surface area (Å²) in [4.78, 5) is 42.5. The molecule has 0 aromatic carbocycles.